The van der Waals surface area contributed by atoms with Gasteiger partial charge in [-0.05, 0) is 44.2 Å². The van der Waals surface area contributed by atoms with Gasteiger partial charge in [0.2, 0.25) is 5.91 Å². The Morgan fingerprint density at radius 3 is 2.61 bits per heavy atom. The largest absolute Gasteiger partial charge is 0.381 e. The zero-order chi connectivity index (χ0) is 16.1. The molecule has 2 aliphatic heterocycles. The number of pyridine rings is 1. The summed E-state index contributed by atoms with van der Waals surface area (Å²) in [4.78, 5) is 19.4. The third-order valence-electron chi connectivity index (χ3n) is 5.01. The maximum Gasteiger partial charge on any atom is 0.232 e. The highest BCUT2D eigenvalue weighted by molar-refractivity contribution is 5.95. The fourth-order valence-electron chi connectivity index (χ4n) is 3.32. The lowest BCUT2D eigenvalue weighted by Gasteiger charge is -2.34. The summed E-state index contributed by atoms with van der Waals surface area (Å²) in [5.74, 6) is 0.970. The summed E-state index contributed by atoms with van der Waals surface area (Å²) >= 11 is 0. The SMILES string of the molecule is NCC1(C(=O)Nc2ccc(N3CCCCC3)nc2)CCOCC1. The van der Waals surface area contributed by atoms with Gasteiger partial charge in [0.05, 0.1) is 17.3 Å². The Balaban J connectivity index is 1.64. The summed E-state index contributed by atoms with van der Waals surface area (Å²) in [6.45, 7) is 3.67. The normalized spacial score (nSPS) is 21.0. The van der Waals surface area contributed by atoms with Crippen LogP contribution >= 0.6 is 0 Å². The minimum Gasteiger partial charge on any atom is -0.381 e. The van der Waals surface area contributed by atoms with E-state index in [-0.39, 0.29) is 5.91 Å². The number of amides is 1. The number of piperidine rings is 1. The van der Waals surface area contributed by atoms with Gasteiger partial charge in [-0.15, -0.1) is 0 Å². The van der Waals surface area contributed by atoms with Gasteiger partial charge in [0, 0.05) is 32.8 Å². The molecule has 2 aliphatic rings. The molecule has 0 aromatic carbocycles. The second-order valence-electron chi connectivity index (χ2n) is 6.50. The predicted molar refractivity (Wildman–Crippen MR) is 90.5 cm³/mol. The Bertz CT molecular complexity index is 520. The first-order valence-electron chi connectivity index (χ1n) is 8.54. The molecule has 6 nitrogen and oxygen atoms in total. The van der Waals surface area contributed by atoms with Crippen molar-refractivity contribution in [1.29, 1.82) is 0 Å². The van der Waals surface area contributed by atoms with Gasteiger partial charge in [0.1, 0.15) is 5.82 Å². The highest BCUT2D eigenvalue weighted by Gasteiger charge is 2.38. The Kier molecular flexibility index (Phi) is 5.13. The molecule has 0 bridgehead atoms. The number of nitrogens with one attached hydrogen (secondary N) is 1. The molecule has 1 aromatic heterocycles. The summed E-state index contributed by atoms with van der Waals surface area (Å²) in [7, 11) is 0. The number of carbonyl (C=O) groups excluding carboxylic acids is 1. The van der Waals surface area contributed by atoms with Crippen LogP contribution in [-0.4, -0.2) is 43.7 Å². The molecule has 0 radical (unpaired) electrons. The van der Waals surface area contributed by atoms with E-state index in [2.05, 4.69) is 15.2 Å². The van der Waals surface area contributed by atoms with Crippen LogP contribution in [0.4, 0.5) is 11.5 Å². The van der Waals surface area contributed by atoms with Crippen molar-refractivity contribution in [3.8, 4) is 0 Å². The average Bonchev–Trinajstić information content (AvgIpc) is 2.63. The molecule has 2 fully saturated rings. The molecule has 3 heterocycles. The van der Waals surface area contributed by atoms with E-state index in [0.29, 0.717) is 32.6 Å². The Morgan fingerprint density at radius 1 is 1.26 bits per heavy atom. The van der Waals surface area contributed by atoms with E-state index >= 15 is 0 Å². The van der Waals surface area contributed by atoms with Crippen molar-refractivity contribution >= 4 is 17.4 Å². The molecule has 1 aromatic rings. The molecule has 126 valence electrons. The monoisotopic (exact) mass is 318 g/mol. The fourth-order valence-corrected chi connectivity index (χ4v) is 3.32. The third kappa shape index (κ3) is 3.64. The smallest absolute Gasteiger partial charge is 0.232 e. The quantitative estimate of drug-likeness (QED) is 0.884. The molecule has 3 rings (SSSR count). The second kappa shape index (κ2) is 7.27. The lowest BCUT2D eigenvalue weighted by molar-refractivity contribution is -0.130. The number of rotatable bonds is 4. The minimum atomic E-state index is -0.510. The maximum absolute atomic E-state index is 12.6. The molecule has 23 heavy (non-hydrogen) atoms. The maximum atomic E-state index is 12.6. The van der Waals surface area contributed by atoms with Crippen molar-refractivity contribution in [1.82, 2.24) is 4.98 Å². The van der Waals surface area contributed by atoms with Crippen LogP contribution in [0.15, 0.2) is 18.3 Å². The summed E-state index contributed by atoms with van der Waals surface area (Å²) in [5.41, 5.74) is 6.10. The van der Waals surface area contributed by atoms with Gasteiger partial charge >= 0.3 is 0 Å². The van der Waals surface area contributed by atoms with Gasteiger partial charge in [-0.3, -0.25) is 4.79 Å². The standard InChI is InChI=1S/C17H26N4O2/c18-13-17(6-10-23-11-7-17)16(22)20-14-4-5-15(19-12-14)21-8-2-1-3-9-21/h4-5,12H,1-3,6-11,13,18H2,(H,20,22). The van der Waals surface area contributed by atoms with Crippen LogP contribution < -0.4 is 16.0 Å². The van der Waals surface area contributed by atoms with E-state index < -0.39 is 5.41 Å². The van der Waals surface area contributed by atoms with Crippen LogP contribution in [0.2, 0.25) is 0 Å². The van der Waals surface area contributed by atoms with Crippen LogP contribution in [0.5, 0.6) is 0 Å². The number of ether oxygens (including phenoxy) is 1. The van der Waals surface area contributed by atoms with Crippen LogP contribution in [0.3, 0.4) is 0 Å². The second-order valence-corrected chi connectivity index (χ2v) is 6.50. The van der Waals surface area contributed by atoms with Crippen LogP contribution in [-0.2, 0) is 9.53 Å². The number of aromatic nitrogens is 1. The molecule has 1 amide bonds. The number of hydrogen-bond acceptors (Lipinski definition) is 5. The number of nitrogens with zero attached hydrogens (tertiary/aromatic N) is 2. The molecule has 6 heteroatoms. The Morgan fingerprint density at radius 2 is 2.00 bits per heavy atom. The van der Waals surface area contributed by atoms with E-state index in [0.717, 1.165) is 24.6 Å². The van der Waals surface area contributed by atoms with Crippen LogP contribution in [0.25, 0.3) is 0 Å². The van der Waals surface area contributed by atoms with E-state index in [1.165, 1.54) is 19.3 Å². The third-order valence-corrected chi connectivity index (χ3v) is 5.01. The number of carbonyl (C=O) groups is 1. The number of nitrogens with two attached hydrogens (primary N) is 1. The summed E-state index contributed by atoms with van der Waals surface area (Å²) in [5, 5.41) is 2.98. The lowest BCUT2D eigenvalue weighted by Crippen LogP contribution is -2.46. The van der Waals surface area contributed by atoms with Gasteiger partial charge < -0.3 is 20.7 Å². The van der Waals surface area contributed by atoms with Crippen molar-refractivity contribution < 1.29 is 9.53 Å². The molecule has 0 spiro atoms. The van der Waals surface area contributed by atoms with E-state index in [9.17, 15) is 4.79 Å². The van der Waals surface area contributed by atoms with Gasteiger partial charge in [-0.1, -0.05) is 0 Å². The van der Waals surface area contributed by atoms with E-state index in [4.69, 9.17) is 10.5 Å². The molecule has 0 saturated carbocycles. The molecule has 0 aliphatic carbocycles. The fraction of sp³-hybridized carbons (Fsp3) is 0.647. The first kappa shape index (κ1) is 16.2. The summed E-state index contributed by atoms with van der Waals surface area (Å²) in [6, 6.07) is 3.92. The summed E-state index contributed by atoms with van der Waals surface area (Å²) < 4.78 is 5.36. The number of hydrogen-bond donors (Lipinski definition) is 2. The topological polar surface area (TPSA) is 80.5 Å². The zero-order valence-electron chi connectivity index (χ0n) is 13.6. The van der Waals surface area contributed by atoms with Gasteiger partial charge in [-0.2, -0.15) is 0 Å². The molecule has 0 atom stereocenters. The van der Waals surface area contributed by atoms with Crippen molar-refractivity contribution in [2.75, 3.05) is 43.1 Å². The van der Waals surface area contributed by atoms with Crippen LogP contribution in [0.1, 0.15) is 32.1 Å². The van der Waals surface area contributed by atoms with E-state index in [1.54, 1.807) is 6.20 Å². The molecular weight excluding hydrogens is 292 g/mol. The first-order chi connectivity index (χ1) is 11.2. The van der Waals surface area contributed by atoms with Gasteiger partial charge in [-0.25, -0.2) is 4.98 Å². The number of anilines is 2. The highest BCUT2D eigenvalue weighted by Crippen LogP contribution is 2.31. The van der Waals surface area contributed by atoms with Gasteiger partial charge in [0.15, 0.2) is 0 Å². The predicted octanol–water partition coefficient (Wildman–Crippen LogP) is 1.77. The Hall–Kier alpha value is -1.66. The van der Waals surface area contributed by atoms with Crippen molar-refractivity contribution in [2.45, 2.75) is 32.1 Å². The van der Waals surface area contributed by atoms with E-state index in [1.807, 2.05) is 12.1 Å². The van der Waals surface area contributed by atoms with Crippen molar-refractivity contribution in [3.05, 3.63) is 18.3 Å². The lowest BCUT2D eigenvalue weighted by atomic mass is 9.79. The average molecular weight is 318 g/mol. The molecule has 3 N–H and O–H groups in total. The van der Waals surface area contributed by atoms with Crippen LogP contribution in [0, 0.1) is 5.41 Å². The highest BCUT2D eigenvalue weighted by atomic mass is 16.5. The molecule has 0 unspecified atom stereocenters. The Labute approximate surface area is 137 Å². The zero-order valence-corrected chi connectivity index (χ0v) is 13.6. The first-order valence-corrected chi connectivity index (χ1v) is 8.54. The molecular formula is C17H26N4O2. The van der Waals surface area contributed by atoms with Gasteiger partial charge in [0.25, 0.3) is 0 Å². The summed E-state index contributed by atoms with van der Waals surface area (Å²) in [6.07, 6.45) is 6.84. The van der Waals surface area contributed by atoms with Crippen molar-refractivity contribution in [3.63, 3.8) is 0 Å². The molecule has 2 saturated heterocycles. The minimum absolute atomic E-state index is 0.0178. The van der Waals surface area contributed by atoms with Crippen molar-refractivity contribution in [2.24, 2.45) is 11.1 Å².